The summed E-state index contributed by atoms with van der Waals surface area (Å²) in [6.07, 6.45) is 1.52. The topological polar surface area (TPSA) is 52.3 Å². The third kappa shape index (κ3) is 1.85. The lowest BCUT2D eigenvalue weighted by Gasteiger charge is -2.09. The van der Waals surface area contributed by atoms with E-state index in [1.165, 1.54) is 7.11 Å². The molecule has 80 valence electrons. The summed E-state index contributed by atoms with van der Waals surface area (Å²) in [5, 5.41) is 0.496. The summed E-state index contributed by atoms with van der Waals surface area (Å²) >= 11 is 5.86. The minimum atomic E-state index is -0.640. The van der Waals surface area contributed by atoms with E-state index in [4.69, 9.17) is 22.1 Å². The molecule has 3 nitrogen and oxygen atoms in total. The molecule has 0 saturated heterocycles. The van der Waals surface area contributed by atoms with Crippen molar-refractivity contribution in [3.63, 3.8) is 0 Å². The van der Waals surface area contributed by atoms with E-state index in [1.807, 2.05) is 0 Å². The van der Waals surface area contributed by atoms with Gasteiger partial charge < -0.3 is 10.5 Å². The lowest BCUT2D eigenvalue weighted by molar-refractivity contribution is 0.0949. The third-order valence-corrected chi connectivity index (χ3v) is 2.97. The van der Waals surface area contributed by atoms with Crippen molar-refractivity contribution in [1.82, 2.24) is 0 Å². The quantitative estimate of drug-likeness (QED) is 0.801. The highest BCUT2D eigenvalue weighted by Gasteiger charge is 2.46. The second kappa shape index (κ2) is 3.51. The lowest BCUT2D eigenvalue weighted by atomic mass is 10.0. The average Bonchev–Trinajstić information content (AvgIpc) is 2.97. The van der Waals surface area contributed by atoms with Crippen molar-refractivity contribution in [1.29, 1.82) is 0 Å². The normalized spacial score (nSPS) is 17.3. The summed E-state index contributed by atoms with van der Waals surface area (Å²) < 4.78 is 5.04. The van der Waals surface area contributed by atoms with Gasteiger partial charge in [-0.15, -0.1) is 0 Å². The molecule has 0 unspecified atom stereocenters. The molecule has 0 amide bonds. The van der Waals surface area contributed by atoms with Crippen LogP contribution in [0.5, 0.6) is 5.75 Å². The Hall–Kier alpha value is -1.06. The van der Waals surface area contributed by atoms with Crippen LogP contribution in [0, 0.1) is 0 Å². The molecule has 0 spiro atoms. The minimum Gasteiger partial charge on any atom is -0.495 e. The number of hydrogen-bond acceptors (Lipinski definition) is 3. The molecule has 0 bridgehead atoms. The van der Waals surface area contributed by atoms with Crippen molar-refractivity contribution >= 4 is 17.4 Å². The van der Waals surface area contributed by atoms with Gasteiger partial charge in [-0.2, -0.15) is 0 Å². The van der Waals surface area contributed by atoms with Gasteiger partial charge in [0.05, 0.1) is 17.7 Å². The first-order chi connectivity index (χ1) is 7.07. The number of benzene rings is 1. The SMILES string of the molecule is COc1cc(C(=O)C2(N)CC2)ccc1Cl. The van der Waals surface area contributed by atoms with Gasteiger partial charge in [0, 0.05) is 5.56 Å². The molecule has 1 fully saturated rings. The summed E-state index contributed by atoms with van der Waals surface area (Å²) in [7, 11) is 1.52. The summed E-state index contributed by atoms with van der Waals surface area (Å²) in [5.74, 6) is 0.476. The van der Waals surface area contributed by atoms with Gasteiger partial charge in [0.2, 0.25) is 0 Å². The van der Waals surface area contributed by atoms with Gasteiger partial charge in [0.1, 0.15) is 5.75 Å². The summed E-state index contributed by atoms with van der Waals surface area (Å²) in [4.78, 5) is 11.9. The average molecular weight is 226 g/mol. The Bertz CT molecular complexity index is 413. The van der Waals surface area contributed by atoms with E-state index >= 15 is 0 Å². The van der Waals surface area contributed by atoms with Crippen LogP contribution in [0.25, 0.3) is 0 Å². The number of halogens is 1. The lowest BCUT2D eigenvalue weighted by Crippen LogP contribution is -2.32. The number of Topliss-reactive ketones (excluding diaryl/α,β-unsaturated/α-hetero) is 1. The van der Waals surface area contributed by atoms with Gasteiger partial charge in [0.25, 0.3) is 0 Å². The standard InChI is InChI=1S/C11H12ClNO2/c1-15-9-6-7(2-3-8(9)12)10(14)11(13)4-5-11/h2-3,6H,4-5,13H2,1H3. The molecule has 1 aliphatic rings. The summed E-state index contributed by atoms with van der Waals surface area (Å²) in [6.45, 7) is 0. The predicted octanol–water partition coefficient (Wildman–Crippen LogP) is 2.02. The van der Waals surface area contributed by atoms with E-state index in [-0.39, 0.29) is 5.78 Å². The number of hydrogen-bond donors (Lipinski definition) is 1. The van der Waals surface area contributed by atoms with Gasteiger partial charge in [-0.05, 0) is 31.0 Å². The molecule has 0 heterocycles. The number of ether oxygens (including phenoxy) is 1. The molecule has 0 aromatic heterocycles. The monoisotopic (exact) mass is 225 g/mol. The maximum absolute atomic E-state index is 11.9. The third-order valence-electron chi connectivity index (χ3n) is 2.65. The molecule has 1 saturated carbocycles. The fourth-order valence-corrected chi connectivity index (χ4v) is 1.64. The summed E-state index contributed by atoms with van der Waals surface area (Å²) in [6, 6.07) is 4.97. The van der Waals surface area contributed by atoms with Crippen molar-refractivity contribution in [3.8, 4) is 5.75 Å². The molecule has 1 aromatic carbocycles. The van der Waals surface area contributed by atoms with E-state index < -0.39 is 5.54 Å². The molecule has 0 atom stereocenters. The van der Waals surface area contributed by atoms with Gasteiger partial charge in [-0.25, -0.2) is 0 Å². The van der Waals surface area contributed by atoms with E-state index in [9.17, 15) is 4.79 Å². The van der Waals surface area contributed by atoms with Crippen LogP contribution >= 0.6 is 11.6 Å². The zero-order valence-electron chi connectivity index (χ0n) is 8.42. The number of methoxy groups -OCH3 is 1. The second-order valence-corrected chi connectivity index (χ2v) is 4.24. The fraction of sp³-hybridized carbons (Fsp3) is 0.364. The summed E-state index contributed by atoms with van der Waals surface area (Å²) in [5.41, 5.74) is 5.75. The Morgan fingerprint density at radius 3 is 2.73 bits per heavy atom. The molecule has 1 aromatic rings. The molecular formula is C11H12ClNO2. The first kappa shape index (κ1) is 10.5. The van der Waals surface area contributed by atoms with Crippen LogP contribution in [0.1, 0.15) is 23.2 Å². The number of carbonyl (C=O) groups excluding carboxylic acids is 1. The highest BCUT2D eigenvalue weighted by Crippen LogP contribution is 2.37. The van der Waals surface area contributed by atoms with Gasteiger partial charge in [-0.1, -0.05) is 11.6 Å². The van der Waals surface area contributed by atoms with Gasteiger partial charge in [0.15, 0.2) is 5.78 Å². The Morgan fingerprint density at radius 2 is 2.20 bits per heavy atom. The molecule has 0 aliphatic heterocycles. The van der Waals surface area contributed by atoms with E-state index in [1.54, 1.807) is 18.2 Å². The Kier molecular flexibility index (Phi) is 2.44. The predicted molar refractivity (Wildman–Crippen MR) is 58.5 cm³/mol. The molecule has 4 heteroatoms. The van der Waals surface area contributed by atoms with Crippen LogP contribution in [-0.2, 0) is 0 Å². The maximum Gasteiger partial charge on any atom is 0.182 e. The zero-order valence-corrected chi connectivity index (χ0v) is 9.17. The molecule has 0 radical (unpaired) electrons. The molecular weight excluding hydrogens is 214 g/mol. The molecule has 1 aliphatic carbocycles. The number of rotatable bonds is 3. The Balaban J connectivity index is 2.33. The fourth-order valence-electron chi connectivity index (χ4n) is 1.45. The molecule has 2 rings (SSSR count). The maximum atomic E-state index is 11.9. The van der Waals surface area contributed by atoms with E-state index in [0.29, 0.717) is 16.3 Å². The number of ketones is 1. The van der Waals surface area contributed by atoms with Crippen molar-refractivity contribution in [2.45, 2.75) is 18.4 Å². The first-order valence-corrected chi connectivity index (χ1v) is 5.12. The Labute approximate surface area is 93.2 Å². The van der Waals surface area contributed by atoms with Crippen molar-refractivity contribution in [3.05, 3.63) is 28.8 Å². The smallest absolute Gasteiger partial charge is 0.182 e. The zero-order chi connectivity index (χ0) is 11.1. The second-order valence-electron chi connectivity index (χ2n) is 3.83. The highest BCUT2D eigenvalue weighted by atomic mass is 35.5. The van der Waals surface area contributed by atoms with E-state index in [2.05, 4.69) is 0 Å². The number of nitrogens with two attached hydrogens (primary N) is 1. The van der Waals surface area contributed by atoms with Crippen LogP contribution in [0.2, 0.25) is 5.02 Å². The van der Waals surface area contributed by atoms with Crippen LogP contribution in [0.4, 0.5) is 0 Å². The Morgan fingerprint density at radius 1 is 1.53 bits per heavy atom. The van der Waals surface area contributed by atoms with Crippen LogP contribution in [0.3, 0.4) is 0 Å². The molecule has 2 N–H and O–H groups in total. The largest absolute Gasteiger partial charge is 0.495 e. The first-order valence-electron chi connectivity index (χ1n) is 4.74. The highest BCUT2D eigenvalue weighted by molar-refractivity contribution is 6.32. The van der Waals surface area contributed by atoms with Crippen molar-refractivity contribution in [2.24, 2.45) is 5.73 Å². The number of carbonyl (C=O) groups is 1. The van der Waals surface area contributed by atoms with Gasteiger partial charge in [-0.3, -0.25) is 4.79 Å². The van der Waals surface area contributed by atoms with Crippen molar-refractivity contribution < 1.29 is 9.53 Å². The van der Waals surface area contributed by atoms with E-state index in [0.717, 1.165) is 12.8 Å². The van der Waals surface area contributed by atoms with Crippen molar-refractivity contribution in [2.75, 3.05) is 7.11 Å². The molecule has 15 heavy (non-hydrogen) atoms. The van der Waals surface area contributed by atoms with Crippen LogP contribution in [0.15, 0.2) is 18.2 Å². The van der Waals surface area contributed by atoms with Crippen LogP contribution in [-0.4, -0.2) is 18.4 Å². The minimum absolute atomic E-state index is 0.0301. The van der Waals surface area contributed by atoms with Crippen LogP contribution < -0.4 is 10.5 Å². The van der Waals surface area contributed by atoms with Gasteiger partial charge >= 0.3 is 0 Å².